The second-order valence-corrected chi connectivity index (χ2v) is 5.26. The molecule has 82 valence electrons. The van der Waals surface area contributed by atoms with E-state index >= 15 is 0 Å². The number of hydrogen-bond donors (Lipinski definition) is 2. The molecule has 2 aromatic rings. The molecule has 1 saturated heterocycles. The van der Waals surface area contributed by atoms with Crippen LogP contribution < -0.4 is 11.1 Å². The van der Waals surface area contributed by atoms with Crippen molar-refractivity contribution in [2.24, 2.45) is 5.73 Å². The Morgan fingerprint density at radius 1 is 1.12 bits per heavy atom. The van der Waals surface area contributed by atoms with Gasteiger partial charge in [-0.1, -0.05) is 46.3 Å². The summed E-state index contributed by atoms with van der Waals surface area (Å²) in [6.45, 7) is 1.71. The molecule has 0 saturated carbocycles. The Kier molecular flexibility index (Phi) is 2.28. The molecule has 0 bridgehead atoms. The van der Waals surface area contributed by atoms with Crippen LogP contribution >= 0.6 is 15.9 Å². The maximum absolute atomic E-state index is 6.38. The number of hydrogen-bond acceptors (Lipinski definition) is 2. The Morgan fingerprint density at radius 2 is 1.81 bits per heavy atom. The molecule has 1 heterocycles. The molecule has 2 nitrogen and oxygen atoms in total. The van der Waals surface area contributed by atoms with Crippen LogP contribution in [-0.4, -0.2) is 13.1 Å². The standard InChI is InChI=1S/C13H13BrN2/c14-11-6-2-4-9-3-1-5-10(12(9)11)13(15)7-16-8-13/h1-6,16H,7-8,15H2. The lowest BCUT2D eigenvalue weighted by Gasteiger charge is -2.40. The fourth-order valence-corrected chi connectivity index (χ4v) is 2.89. The minimum absolute atomic E-state index is 0.205. The molecular weight excluding hydrogens is 264 g/mol. The van der Waals surface area contributed by atoms with Crippen molar-refractivity contribution in [3.63, 3.8) is 0 Å². The van der Waals surface area contributed by atoms with Gasteiger partial charge >= 0.3 is 0 Å². The monoisotopic (exact) mass is 276 g/mol. The molecule has 0 amide bonds. The predicted octanol–water partition coefficient (Wildman–Crippen LogP) is 2.36. The van der Waals surface area contributed by atoms with E-state index in [-0.39, 0.29) is 5.54 Å². The first-order chi connectivity index (χ1) is 7.71. The van der Waals surface area contributed by atoms with Gasteiger partial charge in [0.2, 0.25) is 0 Å². The van der Waals surface area contributed by atoms with E-state index in [0.717, 1.165) is 17.6 Å². The highest BCUT2D eigenvalue weighted by atomic mass is 79.9. The first-order valence-corrected chi connectivity index (χ1v) is 6.17. The smallest absolute Gasteiger partial charge is 0.0668 e. The molecule has 0 unspecified atom stereocenters. The number of rotatable bonds is 1. The molecular formula is C13H13BrN2. The van der Waals surface area contributed by atoms with Gasteiger partial charge in [0.15, 0.2) is 0 Å². The molecule has 0 radical (unpaired) electrons. The molecule has 3 N–H and O–H groups in total. The molecule has 3 rings (SSSR count). The van der Waals surface area contributed by atoms with E-state index in [1.165, 1.54) is 16.3 Å². The van der Waals surface area contributed by atoms with Crippen molar-refractivity contribution in [2.45, 2.75) is 5.54 Å². The summed E-state index contributed by atoms with van der Waals surface area (Å²) in [5.74, 6) is 0. The molecule has 16 heavy (non-hydrogen) atoms. The third-order valence-electron chi connectivity index (χ3n) is 3.27. The summed E-state index contributed by atoms with van der Waals surface area (Å²) in [4.78, 5) is 0. The van der Waals surface area contributed by atoms with Crippen LogP contribution in [0.5, 0.6) is 0 Å². The fraction of sp³-hybridized carbons (Fsp3) is 0.231. The lowest BCUT2D eigenvalue weighted by Crippen LogP contribution is -2.62. The van der Waals surface area contributed by atoms with E-state index in [0.29, 0.717) is 0 Å². The number of benzene rings is 2. The molecule has 1 aliphatic rings. The highest BCUT2D eigenvalue weighted by Gasteiger charge is 2.35. The summed E-state index contributed by atoms with van der Waals surface area (Å²) in [5, 5.41) is 5.73. The van der Waals surface area contributed by atoms with Crippen molar-refractivity contribution < 1.29 is 0 Å². The largest absolute Gasteiger partial charge is 0.319 e. The summed E-state index contributed by atoms with van der Waals surface area (Å²) in [7, 11) is 0. The molecule has 2 aromatic carbocycles. The highest BCUT2D eigenvalue weighted by molar-refractivity contribution is 9.10. The Morgan fingerprint density at radius 3 is 2.44 bits per heavy atom. The van der Waals surface area contributed by atoms with Gasteiger partial charge in [-0.2, -0.15) is 0 Å². The van der Waals surface area contributed by atoms with Gasteiger partial charge < -0.3 is 11.1 Å². The lowest BCUT2D eigenvalue weighted by atomic mass is 9.82. The quantitative estimate of drug-likeness (QED) is 0.839. The zero-order valence-corrected chi connectivity index (χ0v) is 10.4. The molecule has 3 heteroatoms. The minimum atomic E-state index is -0.205. The van der Waals surface area contributed by atoms with Gasteiger partial charge in [-0.25, -0.2) is 0 Å². The summed E-state index contributed by atoms with van der Waals surface area (Å²) in [6.07, 6.45) is 0. The van der Waals surface area contributed by atoms with Gasteiger partial charge in [0.25, 0.3) is 0 Å². The van der Waals surface area contributed by atoms with E-state index in [1.54, 1.807) is 0 Å². The zero-order valence-electron chi connectivity index (χ0n) is 8.83. The SMILES string of the molecule is NC1(c2cccc3cccc(Br)c23)CNC1. The third-order valence-corrected chi connectivity index (χ3v) is 3.93. The van der Waals surface area contributed by atoms with Crippen LogP contribution in [0.3, 0.4) is 0 Å². The third kappa shape index (κ3) is 1.39. The topological polar surface area (TPSA) is 38.0 Å². The van der Waals surface area contributed by atoms with Crippen molar-refractivity contribution in [1.82, 2.24) is 5.32 Å². The predicted molar refractivity (Wildman–Crippen MR) is 70.4 cm³/mol. The summed E-state index contributed by atoms with van der Waals surface area (Å²) < 4.78 is 1.12. The van der Waals surface area contributed by atoms with Crippen molar-refractivity contribution in [2.75, 3.05) is 13.1 Å². The maximum Gasteiger partial charge on any atom is 0.0668 e. The summed E-state index contributed by atoms with van der Waals surface area (Å²) in [6, 6.07) is 12.6. The second-order valence-electron chi connectivity index (χ2n) is 4.40. The normalized spacial score (nSPS) is 18.4. The number of halogens is 1. The first kappa shape index (κ1) is 10.3. The van der Waals surface area contributed by atoms with Gasteiger partial charge in [0, 0.05) is 22.9 Å². The molecule has 0 aliphatic carbocycles. The average molecular weight is 277 g/mol. The number of fused-ring (bicyclic) bond motifs is 1. The number of nitrogens with one attached hydrogen (secondary N) is 1. The molecule has 0 atom stereocenters. The Labute approximate surface area is 103 Å². The van der Waals surface area contributed by atoms with E-state index in [2.05, 4.69) is 57.6 Å². The number of nitrogens with two attached hydrogens (primary N) is 1. The highest BCUT2D eigenvalue weighted by Crippen LogP contribution is 2.34. The minimum Gasteiger partial charge on any atom is -0.319 e. The van der Waals surface area contributed by atoms with E-state index in [1.807, 2.05) is 0 Å². The van der Waals surface area contributed by atoms with Gasteiger partial charge in [-0.15, -0.1) is 0 Å². The average Bonchev–Trinajstić information content (AvgIpc) is 2.26. The van der Waals surface area contributed by atoms with Crippen LogP contribution in [0.1, 0.15) is 5.56 Å². The van der Waals surface area contributed by atoms with Crippen LogP contribution in [0, 0.1) is 0 Å². The maximum atomic E-state index is 6.38. The van der Waals surface area contributed by atoms with Crippen LogP contribution in [0.2, 0.25) is 0 Å². The van der Waals surface area contributed by atoms with Crippen LogP contribution in [0.4, 0.5) is 0 Å². The Bertz CT molecular complexity index is 541. The van der Waals surface area contributed by atoms with Gasteiger partial charge in [0.05, 0.1) is 5.54 Å². The van der Waals surface area contributed by atoms with E-state index in [4.69, 9.17) is 5.73 Å². The Balaban J connectivity index is 2.32. The zero-order chi connectivity index (χ0) is 11.2. The van der Waals surface area contributed by atoms with Gasteiger partial charge in [-0.05, 0) is 17.0 Å². The Hall–Kier alpha value is -0.900. The molecule has 1 aliphatic heterocycles. The summed E-state index contributed by atoms with van der Waals surface area (Å²) >= 11 is 3.62. The van der Waals surface area contributed by atoms with Crippen molar-refractivity contribution >= 4 is 26.7 Å². The molecule has 1 fully saturated rings. The first-order valence-electron chi connectivity index (χ1n) is 5.38. The van der Waals surface area contributed by atoms with Crippen LogP contribution in [0.15, 0.2) is 40.9 Å². The van der Waals surface area contributed by atoms with Crippen LogP contribution in [-0.2, 0) is 5.54 Å². The van der Waals surface area contributed by atoms with Gasteiger partial charge in [-0.3, -0.25) is 0 Å². The van der Waals surface area contributed by atoms with Crippen LogP contribution in [0.25, 0.3) is 10.8 Å². The van der Waals surface area contributed by atoms with Crippen molar-refractivity contribution in [3.05, 3.63) is 46.4 Å². The van der Waals surface area contributed by atoms with Crippen molar-refractivity contribution in [3.8, 4) is 0 Å². The molecule has 0 spiro atoms. The van der Waals surface area contributed by atoms with Crippen molar-refractivity contribution in [1.29, 1.82) is 0 Å². The summed E-state index contributed by atoms with van der Waals surface area (Å²) in [5.41, 5.74) is 7.40. The second kappa shape index (κ2) is 3.55. The molecule has 0 aromatic heterocycles. The van der Waals surface area contributed by atoms with E-state index in [9.17, 15) is 0 Å². The van der Waals surface area contributed by atoms with Gasteiger partial charge in [0.1, 0.15) is 0 Å². The fourth-order valence-electron chi connectivity index (χ4n) is 2.29. The van der Waals surface area contributed by atoms with E-state index < -0.39 is 0 Å². The lowest BCUT2D eigenvalue weighted by molar-refractivity contribution is 0.289.